The summed E-state index contributed by atoms with van der Waals surface area (Å²) in [6, 6.07) is 0. The quantitative estimate of drug-likeness (QED) is 0.345. The Morgan fingerprint density at radius 3 is 1.67 bits per heavy atom. The normalized spacial score (nSPS) is 7.33. The minimum absolute atomic E-state index is 1.07. The lowest BCUT2D eigenvalue weighted by molar-refractivity contribution is -0.146. The Kier molecular flexibility index (Phi) is 1.21. The van der Waals surface area contributed by atoms with Crippen LogP contribution < -0.4 is 0 Å². The number of Topliss-reactive ketones (excluding diaryl/α,β-unsaturated/α-hetero) is 1. The molecule has 0 aliphatic heterocycles. The van der Waals surface area contributed by atoms with E-state index >= 15 is 0 Å². The van der Waals surface area contributed by atoms with Gasteiger partial charge in [0.15, 0.2) is 0 Å². The van der Waals surface area contributed by atoms with E-state index in [9.17, 15) is 9.59 Å². The van der Waals surface area contributed by atoms with Gasteiger partial charge in [-0.1, -0.05) is 0 Å². The lowest BCUT2D eigenvalue weighted by atomic mass is 10.5. The van der Waals surface area contributed by atoms with Crippen LogP contribution in [0.4, 0.5) is 0 Å². The van der Waals surface area contributed by atoms with Crippen molar-refractivity contribution in [2.75, 3.05) is 0 Å². The molecule has 0 radical (unpaired) electrons. The number of hydrogen-bond donors (Lipinski definition) is 1. The van der Waals surface area contributed by atoms with Gasteiger partial charge in [-0.05, 0) is 0 Å². The predicted octanol–water partition coefficient (Wildman–Crippen LogP) is -0.526. The lowest BCUT2D eigenvalue weighted by Gasteiger charge is -1.60. The standard InChI is InChI=1S/C3H2O3/c1-2(4)3(5)6/h1H2/p+1. The van der Waals surface area contributed by atoms with Gasteiger partial charge in [0.2, 0.25) is 0 Å². The Morgan fingerprint density at radius 1 is 1.50 bits per heavy atom. The molecule has 1 N–H and O–H groups in total. The van der Waals surface area contributed by atoms with E-state index in [1.165, 1.54) is 0 Å². The second-order valence-electron chi connectivity index (χ2n) is 0.728. The van der Waals surface area contributed by atoms with Gasteiger partial charge in [-0.25, -0.2) is 4.79 Å². The first-order valence-electron chi connectivity index (χ1n) is 1.24. The zero-order valence-electron chi connectivity index (χ0n) is 2.97. The van der Waals surface area contributed by atoms with Crippen LogP contribution in [0.25, 0.3) is 0 Å². The molecule has 0 atom stereocenters. The number of rotatable bonds is 1. The van der Waals surface area contributed by atoms with Crippen molar-refractivity contribution in [3.8, 4) is 0 Å². The van der Waals surface area contributed by atoms with Crippen molar-refractivity contribution < 1.29 is 14.7 Å². The first-order valence-corrected chi connectivity index (χ1v) is 1.24. The molecule has 0 saturated carbocycles. The van der Waals surface area contributed by atoms with Crippen molar-refractivity contribution in [2.24, 2.45) is 0 Å². The average Bonchev–Trinajstić information content (AvgIpc) is 1.36. The van der Waals surface area contributed by atoms with Crippen LogP contribution in [0.5, 0.6) is 0 Å². The molecule has 0 saturated heterocycles. The summed E-state index contributed by atoms with van der Waals surface area (Å²) in [5, 5.41) is 7.58. The highest BCUT2D eigenvalue weighted by Gasteiger charge is 2.13. The molecule has 0 aromatic rings. The van der Waals surface area contributed by atoms with Gasteiger partial charge in [0.25, 0.3) is 0 Å². The average molecular weight is 87.1 g/mol. The maximum absolute atomic E-state index is 9.43. The van der Waals surface area contributed by atoms with Gasteiger partial charge in [0, 0.05) is 0 Å². The summed E-state index contributed by atoms with van der Waals surface area (Å²) in [5.74, 6) is -2.56. The number of carbonyl (C=O) groups is 2. The smallest absolute Gasteiger partial charge is 0.385 e. The molecule has 32 valence electrons. The van der Waals surface area contributed by atoms with Crippen molar-refractivity contribution >= 4 is 11.8 Å². The van der Waals surface area contributed by atoms with Gasteiger partial charge >= 0.3 is 11.8 Å². The van der Waals surface area contributed by atoms with Gasteiger partial charge in [-0.3, -0.25) is 0 Å². The SMILES string of the molecule is [CH2+]C(=O)C(=O)O. The Bertz CT molecular complexity index is 72.0. The van der Waals surface area contributed by atoms with Crippen molar-refractivity contribution in [2.45, 2.75) is 0 Å². The molecule has 0 aliphatic rings. The number of carboxylic acids is 1. The van der Waals surface area contributed by atoms with E-state index in [1.807, 2.05) is 0 Å². The van der Waals surface area contributed by atoms with Gasteiger partial charge in [-0.2, -0.15) is 0 Å². The van der Waals surface area contributed by atoms with Crippen LogP contribution in [0.15, 0.2) is 0 Å². The molecule has 6 heavy (non-hydrogen) atoms. The maximum atomic E-state index is 9.43. The van der Waals surface area contributed by atoms with Crippen LogP contribution in [0.3, 0.4) is 0 Å². The largest absolute Gasteiger partial charge is 0.522 e. The summed E-state index contributed by atoms with van der Waals surface area (Å²) in [6.45, 7) is 2.60. The second kappa shape index (κ2) is 1.45. The zero-order valence-corrected chi connectivity index (χ0v) is 2.97. The predicted molar refractivity (Wildman–Crippen MR) is 18.0 cm³/mol. The van der Waals surface area contributed by atoms with Crippen LogP contribution in [-0.2, 0) is 9.59 Å². The molecule has 0 bridgehead atoms. The van der Waals surface area contributed by atoms with E-state index in [0.29, 0.717) is 0 Å². The minimum atomic E-state index is -1.49. The van der Waals surface area contributed by atoms with Gasteiger partial charge < -0.3 is 5.11 Å². The molecular weight excluding hydrogens is 84.0 g/mol. The summed E-state index contributed by atoms with van der Waals surface area (Å²) < 4.78 is 0. The second-order valence-corrected chi connectivity index (χ2v) is 0.728. The molecule has 0 aromatic heterocycles. The number of carbonyl (C=O) groups excluding carboxylic acids is 1. The summed E-state index contributed by atoms with van der Waals surface area (Å²) in [7, 11) is 0. The molecule has 3 heteroatoms. The number of ketones is 1. The van der Waals surface area contributed by atoms with E-state index in [1.54, 1.807) is 0 Å². The van der Waals surface area contributed by atoms with Crippen LogP contribution in [0.1, 0.15) is 0 Å². The first kappa shape index (κ1) is 5.01. The van der Waals surface area contributed by atoms with Crippen LogP contribution >= 0.6 is 0 Å². The zero-order chi connectivity index (χ0) is 5.15. The Hall–Kier alpha value is -0.990. The Balaban J connectivity index is 3.57. The molecule has 3 nitrogen and oxygen atoms in total. The van der Waals surface area contributed by atoms with Gasteiger partial charge in [0.1, 0.15) is 0 Å². The monoisotopic (exact) mass is 87.0 g/mol. The minimum Gasteiger partial charge on any atom is -0.385 e. The van der Waals surface area contributed by atoms with Crippen molar-refractivity contribution in [1.82, 2.24) is 0 Å². The van der Waals surface area contributed by atoms with Gasteiger partial charge in [-0.15, -0.1) is 4.79 Å². The van der Waals surface area contributed by atoms with Crippen LogP contribution in [-0.4, -0.2) is 16.9 Å². The molecule has 0 aromatic carbocycles. The highest BCUT2D eigenvalue weighted by Crippen LogP contribution is 1.60. The van der Waals surface area contributed by atoms with Crippen LogP contribution in [0.2, 0.25) is 0 Å². The third-order valence-corrected chi connectivity index (χ3v) is 0.239. The first-order chi connectivity index (χ1) is 2.64. The molecule has 0 spiro atoms. The van der Waals surface area contributed by atoms with Crippen molar-refractivity contribution in [1.29, 1.82) is 0 Å². The van der Waals surface area contributed by atoms with Gasteiger partial charge in [0.05, 0.1) is 6.92 Å². The molecule has 0 aliphatic carbocycles. The topological polar surface area (TPSA) is 54.4 Å². The molecule has 0 fully saturated rings. The molecule has 0 heterocycles. The molecule has 0 rings (SSSR count). The number of hydrogen-bond acceptors (Lipinski definition) is 2. The van der Waals surface area contributed by atoms with E-state index in [0.717, 1.165) is 0 Å². The fraction of sp³-hybridized carbons (Fsp3) is 0. The summed E-state index contributed by atoms with van der Waals surface area (Å²) in [6.07, 6.45) is 0. The number of aliphatic carboxylic acids is 1. The Morgan fingerprint density at radius 2 is 1.67 bits per heavy atom. The number of carboxylic acid groups (broad SMARTS) is 1. The molecular formula is C3H3O3+. The van der Waals surface area contributed by atoms with Crippen molar-refractivity contribution in [3.05, 3.63) is 6.92 Å². The lowest BCUT2D eigenvalue weighted by Crippen LogP contribution is -2.06. The third kappa shape index (κ3) is 1.34. The van der Waals surface area contributed by atoms with E-state index in [2.05, 4.69) is 6.92 Å². The van der Waals surface area contributed by atoms with E-state index < -0.39 is 11.8 Å². The summed E-state index contributed by atoms with van der Waals surface area (Å²) in [4.78, 5) is 18.7. The Labute approximate surface area is 34.6 Å². The fourth-order valence-electron chi connectivity index (χ4n) is 0. The highest BCUT2D eigenvalue weighted by molar-refractivity contribution is 6.34. The van der Waals surface area contributed by atoms with Crippen molar-refractivity contribution in [3.63, 3.8) is 0 Å². The van der Waals surface area contributed by atoms with E-state index in [-0.39, 0.29) is 0 Å². The maximum Gasteiger partial charge on any atom is 0.522 e. The highest BCUT2D eigenvalue weighted by atomic mass is 16.4. The fourth-order valence-corrected chi connectivity index (χ4v) is 0. The van der Waals surface area contributed by atoms with Crippen LogP contribution in [0, 0.1) is 6.92 Å². The molecule has 0 amide bonds. The van der Waals surface area contributed by atoms with E-state index in [4.69, 9.17) is 5.11 Å². The summed E-state index contributed by atoms with van der Waals surface area (Å²) in [5.41, 5.74) is 0. The molecule has 0 unspecified atom stereocenters. The third-order valence-electron chi connectivity index (χ3n) is 0.239. The summed E-state index contributed by atoms with van der Waals surface area (Å²) >= 11 is 0.